The molecular formula is C16H18N4O2. The summed E-state index contributed by atoms with van der Waals surface area (Å²) in [7, 11) is 0. The molecule has 6 nitrogen and oxygen atoms in total. The number of hydrogen-bond donors (Lipinski definition) is 1. The van der Waals surface area contributed by atoms with E-state index in [0.29, 0.717) is 23.0 Å². The number of anilines is 1. The van der Waals surface area contributed by atoms with E-state index in [9.17, 15) is 4.79 Å². The van der Waals surface area contributed by atoms with Gasteiger partial charge in [-0.25, -0.2) is 4.98 Å². The van der Waals surface area contributed by atoms with Crippen LogP contribution < -0.4 is 5.32 Å². The van der Waals surface area contributed by atoms with Crippen molar-refractivity contribution >= 4 is 22.9 Å². The molecule has 1 aromatic carbocycles. The van der Waals surface area contributed by atoms with Gasteiger partial charge in [-0.05, 0) is 32.4 Å². The Hall–Kier alpha value is -2.63. The first-order valence-corrected chi connectivity index (χ1v) is 7.31. The van der Waals surface area contributed by atoms with E-state index in [1.54, 1.807) is 13.8 Å². The highest BCUT2D eigenvalue weighted by atomic mass is 16.5. The summed E-state index contributed by atoms with van der Waals surface area (Å²) in [6, 6.07) is 7.85. The Morgan fingerprint density at radius 1 is 1.32 bits per heavy atom. The first-order chi connectivity index (χ1) is 10.6. The highest BCUT2D eigenvalue weighted by Gasteiger charge is 2.20. The van der Waals surface area contributed by atoms with Crippen molar-refractivity contribution in [3.63, 3.8) is 0 Å². The zero-order chi connectivity index (χ0) is 15.7. The fourth-order valence-electron chi connectivity index (χ4n) is 2.59. The molecule has 0 radical (unpaired) electrons. The third-order valence-electron chi connectivity index (χ3n) is 3.59. The van der Waals surface area contributed by atoms with Gasteiger partial charge < -0.3 is 9.09 Å². The molecular weight excluding hydrogens is 280 g/mol. The molecule has 0 fully saturated rings. The van der Waals surface area contributed by atoms with Crippen LogP contribution in [0.4, 0.5) is 5.95 Å². The van der Waals surface area contributed by atoms with Crippen molar-refractivity contribution in [1.29, 1.82) is 0 Å². The Balaban J connectivity index is 2.00. The van der Waals surface area contributed by atoms with Crippen molar-refractivity contribution in [2.75, 3.05) is 5.32 Å². The van der Waals surface area contributed by atoms with Crippen molar-refractivity contribution < 1.29 is 9.32 Å². The monoisotopic (exact) mass is 298 g/mol. The van der Waals surface area contributed by atoms with Gasteiger partial charge in [0.05, 0.1) is 16.7 Å². The number of aromatic nitrogens is 3. The molecule has 0 atom stereocenters. The first-order valence-electron chi connectivity index (χ1n) is 7.31. The lowest BCUT2D eigenvalue weighted by atomic mass is 10.2. The summed E-state index contributed by atoms with van der Waals surface area (Å²) in [4.78, 5) is 17.0. The Morgan fingerprint density at radius 3 is 2.77 bits per heavy atom. The molecule has 0 saturated heterocycles. The second kappa shape index (κ2) is 5.63. The molecule has 0 spiro atoms. The minimum absolute atomic E-state index is 0.246. The van der Waals surface area contributed by atoms with Gasteiger partial charge in [-0.3, -0.25) is 10.1 Å². The van der Waals surface area contributed by atoms with E-state index in [4.69, 9.17) is 4.52 Å². The number of nitrogens with one attached hydrogen (secondary N) is 1. The first kappa shape index (κ1) is 14.3. The Bertz CT molecular complexity index is 812. The molecule has 0 aliphatic rings. The summed E-state index contributed by atoms with van der Waals surface area (Å²) in [6.07, 6.45) is 0.953. The van der Waals surface area contributed by atoms with Crippen molar-refractivity contribution in [3.05, 3.63) is 41.3 Å². The van der Waals surface area contributed by atoms with Crippen LogP contribution >= 0.6 is 0 Å². The topological polar surface area (TPSA) is 73.0 Å². The molecule has 6 heteroatoms. The molecule has 0 bridgehead atoms. The number of benzene rings is 1. The number of hydrogen-bond acceptors (Lipinski definition) is 4. The zero-order valence-electron chi connectivity index (χ0n) is 12.9. The molecule has 0 aliphatic heterocycles. The average Bonchev–Trinajstić information content (AvgIpc) is 3.00. The number of carbonyl (C=O) groups excluding carboxylic acids is 1. The van der Waals surface area contributed by atoms with E-state index in [0.717, 1.165) is 24.0 Å². The van der Waals surface area contributed by atoms with E-state index in [-0.39, 0.29) is 5.91 Å². The lowest BCUT2D eigenvalue weighted by Crippen LogP contribution is -2.17. The molecule has 3 aromatic rings. The van der Waals surface area contributed by atoms with E-state index in [1.165, 1.54) is 0 Å². The van der Waals surface area contributed by atoms with Gasteiger partial charge in [0.15, 0.2) is 0 Å². The van der Waals surface area contributed by atoms with Gasteiger partial charge in [0.25, 0.3) is 5.91 Å². The molecule has 3 rings (SSSR count). The number of rotatable bonds is 4. The van der Waals surface area contributed by atoms with Gasteiger partial charge in [-0.2, -0.15) is 0 Å². The van der Waals surface area contributed by atoms with Crippen LogP contribution in [0.1, 0.15) is 35.2 Å². The fourth-order valence-corrected chi connectivity index (χ4v) is 2.59. The van der Waals surface area contributed by atoms with Crippen LogP contribution in [0, 0.1) is 13.8 Å². The summed E-state index contributed by atoms with van der Waals surface area (Å²) in [5.41, 5.74) is 2.92. The lowest BCUT2D eigenvalue weighted by Gasteiger charge is -2.08. The van der Waals surface area contributed by atoms with Crippen LogP contribution in [-0.2, 0) is 6.54 Å². The number of carbonyl (C=O) groups is 1. The summed E-state index contributed by atoms with van der Waals surface area (Å²) >= 11 is 0. The molecule has 1 amide bonds. The van der Waals surface area contributed by atoms with Crippen LogP contribution in [0.15, 0.2) is 28.8 Å². The second-order valence-corrected chi connectivity index (χ2v) is 5.23. The Morgan fingerprint density at radius 2 is 2.09 bits per heavy atom. The maximum atomic E-state index is 12.5. The third-order valence-corrected chi connectivity index (χ3v) is 3.59. The number of imidazole rings is 1. The van der Waals surface area contributed by atoms with Crippen LogP contribution in [0.2, 0.25) is 0 Å². The highest BCUT2D eigenvalue weighted by Crippen LogP contribution is 2.21. The Labute approximate surface area is 128 Å². The molecule has 22 heavy (non-hydrogen) atoms. The predicted molar refractivity (Wildman–Crippen MR) is 84.0 cm³/mol. The number of fused-ring (bicyclic) bond motifs is 1. The molecule has 2 aromatic heterocycles. The number of aryl methyl sites for hydroxylation is 3. The number of amides is 1. The summed E-state index contributed by atoms with van der Waals surface area (Å²) in [6.45, 7) is 6.36. The second-order valence-electron chi connectivity index (χ2n) is 5.23. The molecule has 1 N–H and O–H groups in total. The van der Waals surface area contributed by atoms with Crippen molar-refractivity contribution in [2.24, 2.45) is 0 Å². The minimum atomic E-state index is -0.246. The summed E-state index contributed by atoms with van der Waals surface area (Å²) < 4.78 is 7.07. The minimum Gasteiger partial charge on any atom is -0.361 e. The van der Waals surface area contributed by atoms with E-state index in [2.05, 4.69) is 22.4 Å². The van der Waals surface area contributed by atoms with Crippen molar-refractivity contribution in [2.45, 2.75) is 33.7 Å². The molecule has 0 aliphatic carbocycles. The van der Waals surface area contributed by atoms with E-state index < -0.39 is 0 Å². The predicted octanol–water partition coefficient (Wildman–Crippen LogP) is 3.30. The van der Waals surface area contributed by atoms with E-state index >= 15 is 0 Å². The molecule has 114 valence electrons. The van der Waals surface area contributed by atoms with Crippen LogP contribution in [0.3, 0.4) is 0 Å². The zero-order valence-corrected chi connectivity index (χ0v) is 12.9. The van der Waals surface area contributed by atoms with Crippen LogP contribution in [0.5, 0.6) is 0 Å². The maximum absolute atomic E-state index is 12.5. The third kappa shape index (κ3) is 2.36. The van der Waals surface area contributed by atoms with E-state index in [1.807, 2.05) is 28.8 Å². The quantitative estimate of drug-likeness (QED) is 0.802. The van der Waals surface area contributed by atoms with Gasteiger partial charge in [0, 0.05) is 6.54 Å². The fraction of sp³-hybridized carbons (Fsp3) is 0.312. The van der Waals surface area contributed by atoms with Gasteiger partial charge in [-0.15, -0.1) is 0 Å². The summed E-state index contributed by atoms with van der Waals surface area (Å²) in [5, 5.41) is 6.70. The van der Waals surface area contributed by atoms with Crippen LogP contribution in [0.25, 0.3) is 11.0 Å². The molecule has 2 heterocycles. The highest BCUT2D eigenvalue weighted by molar-refractivity contribution is 6.05. The average molecular weight is 298 g/mol. The lowest BCUT2D eigenvalue weighted by molar-refractivity contribution is 0.102. The smallest absolute Gasteiger partial charge is 0.263 e. The van der Waals surface area contributed by atoms with Crippen molar-refractivity contribution in [1.82, 2.24) is 14.7 Å². The SMILES string of the molecule is CCCn1c(NC(=O)c2c(C)noc2C)nc2ccccc21. The van der Waals surface area contributed by atoms with Gasteiger partial charge in [-0.1, -0.05) is 24.2 Å². The van der Waals surface area contributed by atoms with Crippen LogP contribution in [-0.4, -0.2) is 20.6 Å². The van der Waals surface area contributed by atoms with Gasteiger partial charge >= 0.3 is 0 Å². The van der Waals surface area contributed by atoms with Gasteiger partial charge in [0.2, 0.25) is 5.95 Å². The Kier molecular flexibility index (Phi) is 3.66. The number of para-hydroxylation sites is 2. The normalized spacial score (nSPS) is 11.0. The molecule has 0 saturated carbocycles. The largest absolute Gasteiger partial charge is 0.361 e. The van der Waals surface area contributed by atoms with Crippen molar-refractivity contribution in [3.8, 4) is 0 Å². The standard InChI is InChI=1S/C16H18N4O2/c1-4-9-20-13-8-6-5-7-12(13)17-16(20)18-15(21)14-10(2)19-22-11(14)3/h5-8H,4,9H2,1-3H3,(H,17,18,21). The maximum Gasteiger partial charge on any atom is 0.263 e. The molecule has 0 unspecified atom stereocenters. The number of nitrogens with zero attached hydrogens (tertiary/aromatic N) is 3. The summed E-state index contributed by atoms with van der Waals surface area (Å²) in [5.74, 6) is 0.810. The van der Waals surface area contributed by atoms with Gasteiger partial charge in [0.1, 0.15) is 11.3 Å².